The van der Waals surface area contributed by atoms with Gasteiger partial charge in [0.1, 0.15) is 11.3 Å². The number of hydrogen-bond donors (Lipinski definition) is 2. The minimum atomic E-state index is -0.980. The van der Waals surface area contributed by atoms with Crippen LogP contribution in [-0.4, -0.2) is 12.5 Å². The number of carbonyl (C=O) groups is 1. The second kappa shape index (κ2) is 6.31. The summed E-state index contributed by atoms with van der Waals surface area (Å²) in [5, 5.41) is 3.21. The zero-order chi connectivity index (χ0) is 15.3. The Morgan fingerprint density at radius 2 is 1.76 bits per heavy atom. The van der Waals surface area contributed by atoms with Crippen molar-refractivity contribution in [3.8, 4) is 5.75 Å². The number of ether oxygens (including phenoxy) is 1. The molecule has 0 aromatic heterocycles. The lowest BCUT2D eigenvalue weighted by Crippen LogP contribution is -2.45. The van der Waals surface area contributed by atoms with Gasteiger partial charge < -0.3 is 15.8 Å². The molecular formula is C17H20N2O2. The summed E-state index contributed by atoms with van der Waals surface area (Å²) in [7, 11) is 0. The number of benzene rings is 2. The van der Waals surface area contributed by atoms with E-state index in [0.29, 0.717) is 6.61 Å². The maximum Gasteiger partial charge on any atom is 0.247 e. The fraction of sp³-hybridized carbons (Fsp3) is 0.235. The van der Waals surface area contributed by atoms with Crippen molar-refractivity contribution in [2.24, 2.45) is 5.73 Å². The molecule has 0 radical (unpaired) electrons. The Hall–Kier alpha value is -2.49. The molecule has 4 heteroatoms. The minimum absolute atomic E-state index is 0.435. The van der Waals surface area contributed by atoms with Gasteiger partial charge in [0, 0.05) is 5.69 Å². The summed E-state index contributed by atoms with van der Waals surface area (Å²) in [6.07, 6.45) is 0. The van der Waals surface area contributed by atoms with Crippen LogP contribution in [0.4, 0.5) is 5.69 Å². The van der Waals surface area contributed by atoms with Gasteiger partial charge in [-0.1, -0.05) is 30.3 Å². The molecule has 0 aliphatic heterocycles. The van der Waals surface area contributed by atoms with Crippen LogP contribution in [0.1, 0.15) is 19.4 Å². The molecule has 0 saturated heterocycles. The third kappa shape index (κ3) is 3.34. The number of carbonyl (C=O) groups excluding carboxylic acids is 1. The molecule has 0 bridgehead atoms. The largest absolute Gasteiger partial charge is 0.494 e. The van der Waals surface area contributed by atoms with E-state index in [0.717, 1.165) is 17.0 Å². The van der Waals surface area contributed by atoms with Crippen LogP contribution in [0.15, 0.2) is 54.6 Å². The van der Waals surface area contributed by atoms with Gasteiger partial charge in [0.2, 0.25) is 5.91 Å². The van der Waals surface area contributed by atoms with Crippen molar-refractivity contribution in [1.82, 2.24) is 0 Å². The molecule has 3 N–H and O–H groups in total. The molecule has 0 spiro atoms. The van der Waals surface area contributed by atoms with Crippen LogP contribution >= 0.6 is 0 Å². The van der Waals surface area contributed by atoms with E-state index in [9.17, 15) is 4.79 Å². The number of para-hydroxylation sites is 1. The SMILES string of the molecule is CCOc1ccc(C(C)(Nc2ccccc2)C(N)=O)cc1. The average molecular weight is 284 g/mol. The highest BCUT2D eigenvalue weighted by Gasteiger charge is 2.33. The summed E-state index contributed by atoms with van der Waals surface area (Å²) in [6, 6.07) is 16.9. The zero-order valence-corrected chi connectivity index (χ0v) is 12.3. The van der Waals surface area contributed by atoms with Crippen LogP contribution in [0.2, 0.25) is 0 Å². The van der Waals surface area contributed by atoms with Gasteiger partial charge in [0.05, 0.1) is 6.61 Å². The molecule has 110 valence electrons. The maximum atomic E-state index is 12.0. The molecule has 21 heavy (non-hydrogen) atoms. The van der Waals surface area contributed by atoms with E-state index in [1.807, 2.05) is 61.5 Å². The molecule has 2 aromatic rings. The Kier molecular flexibility index (Phi) is 4.48. The van der Waals surface area contributed by atoms with E-state index >= 15 is 0 Å². The lowest BCUT2D eigenvalue weighted by Gasteiger charge is -2.29. The maximum absolute atomic E-state index is 12.0. The van der Waals surface area contributed by atoms with Gasteiger partial charge in [-0.15, -0.1) is 0 Å². The van der Waals surface area contributed by atoms with Crippen LogP contribution in [0.5, 0.6) is 5.75 Å². The number of rotatable bonds is 6. The third-order valence-corrected chi connectivity index (χ3v) is 3.40. The van der Waals surface area contributed by atoms with Crippen molar-refractivity contribution in [2.75, 3.05) is 11.9 Å². The van der Waals surface area contributed by atoms with Crippen LogP contribution in [0.25, 0.3) is 0 Å². The van der Waals surface area contributed by atoms with Crippen LogP contribution < -0.4 is 15.8 Å². The van der Waals surface area contributed by atoms with Gasteiger partial charge in [-0.05, 0) is 43.7 Å². The summed E-state index contributed by atoms with van der Waals surface area (Å²) < 4.78 is 5.42. The van der Waals surface area contributed by atoms with Crippen molar-refractivity contribution in [1.29, 1.82) is 0 Å². The molecule has 2 rings (SSSR count). The first-order chi connectivity index (χ1) is 10.1. The van der Waals surface area contributed by atoms with E-state index in [1.165, 1.54) is 0 Å². The molecule has 0 aliphatic carbocycles. The number of amides is 1. The molecule has 0 fully saturated rings. The first-order valence-electron chi connectivity index (χ1n) is 6.92. The van der Waals surface area contributed by atoms with Crippen molar-refractivity contribution in [3.63, 3.8) is 0 Å². The van der Waals surface area contributed by atoms with E-state index in [4.69, 9.17) is 10.5 Å². The van der Waals surface area contributed by atoms with Gasteiger partial charge in [-0.25, -0.2) is 0 Å². The first kappa shape index (κ1) is 14.9. The molecule has 0 aliphatic rings. The lowest BCUT2D eigenvalue weighted by atomic mass is 9.90. The highest BCUT2D eigenvalue weighted by atomic mass is 16.5. The quantitative estimate of drug-likeness (QED) is 0.857. The van der Waals surface area contributed by atoms with Crippen molar-refractivity contribution in [2.45, 2.75) is 19.4 Å². The Morgan fingerprint density at radius 1 is 1.14 bits per heavy atom. The molecule has 1 amide bonds. The topological polar surface area (TPSA) is 64.3 Å². The molecular weight excluding hydrogens is 264 g/mol. The second-order valence-electron chi connectivity index (χ2n) is 4.94. The fourth-order valence-electron chi connectivity index (χ4n) is 2.14. The predicted octanol–water partition coefficient (Wildman–Crippen LogP) is 2.90. The zero-order valence-electron chi connectivity index (χ0n) is 12.3. The smallest absolute Gasteiger partial charge is 0.247 e. The van der Waals surface area contributed by atoms with Gasteiger partial charge in [0.15, 0.2) is 0 Å². The second-order valence-corrected chi connectivity index (χ2v) is 4.94. The highest BCUT2D eigenvalue weighted by molar-refractivity contribution is 5.89. The number of primary amides is 1. The minimum Gasteiger partial charge on any atom is -0.494 e. The van der Waals surface area contributed by atoms with Crippen LogP contribution in [0.3, 0.4) is 0 Å². The molecule has 0 saturated carbocycles. The standard InChI is InChI=1S/C17H20N2O2/c1-3-21-15-11-9-13(10-12-15)17(2,16(18)20)19-14-7-5-4-6-8-14/h4-12,19H,3H2,1-2H3,(H2,18,20). The first-order valence-corrected chi connectivity index (χ1v) is 6.92. The van der Waals surface area contributed by atoms with Crippen LogP contribution in [0, 0.1) is 0 Å². The number of nitrogens with two attached hydrogens (primary N) is 1. The Labute approximate surface area is 124 Å². The number of hydrogen-bond acceptors (Lipinski definition) is 3. The average Bonchev–Trinajstić information content (AvgIpc) is 2.49. The van der Waals surface area contributed by atoms with Gasteiger partial charge in [-0.2, -0.15) is 0 Å². The fourth-order valence-corrected chi connectivity index (χ4v) is 2.14. The Balaban J connectivity index is 2.31. The molecule has 0 heterocycles. The number of nitrogens with one attached hydrogen (secondary N) is 1. The van der Waals surface area contributed by atoms with E-state index in [-0.39, 0.29) is 0 Å². The van der Waals surface area contributed by atoms with E-state index in [2.05, 4.69) is 5.32 Å². The lowest BCUT2D eigenvalue weighted by molar-refractivity contribution is -0.122. The Bertz CT molecular complexity index is 596. The highest BCUT2D eigenvalue weighted by Crippen LogP contribution is 2.27. The normalized spacial score (nSPS) is 13.2. The van der Waals surface area contributed by atoms with E-state index < -0.39 is 11.4 Å². The summed E-state index contributed by atoms with van der Waals surface area (Å²) in [5.74, 6) is 0.336. The van der Waals surface area contributed by atoms with Crippen molar-refractivity contribution in [3.05, 3.63) is 60.2 Å². The van der Waals surface area contributed by atoms with Crippen molar-refractivity contribution >= 4 is 11.6 Å². The Morgan fingerprint density at radius 3 is 2.29 bits per heavy atom. The molecule has 1 atom stereocenters. The molecule has 4 nitrogen and oxygen atoms in total. The van der Waals surface area contributed by atoms with Gasteiger partial charge in [0.25, 0.3) is 0 Å². The monoisotopic (exact) mass is 284 g/mol. The predicted molar refractivity (Wildman–Crippen MR) is 84.2 cm³/mol. The summed E-state index contributed by atoms with van der Waals surface area (Å²) in [5.41, 5.74) is 6.27. The van der Waals surface area contributed by atoms with Gasteiger partial charge >= 0.3 is 0 Å². The molecule has 1 unspecified atom stereocenters. The van der Waals surface area contributed by atoms with Gasteiger partial charge in [-0.3, -0.25) is 4.79 Å². The summed E-state index contributed by atoms with van der Waals surface area (Å²) in [6.45, 7) is 4.31. The van der Waals surface area contributed by atoms with Crippen molar-refractivity contribution < 1.29 is 9.53 Å². The van der Waals surface area contributed by atoms with E-state index in [1.54, 1.807) is 6.92 Å². The number of anilines is 1. The third-order valence-electron chi connectivity index (χ3n) is 3.40. The summed E-state index contributed by atoms with van der Waals surface area (Å²) >= 11 is 0. The summed E-state index contributed by atoms with van der Waals surface area (Å²) in [4.78, 5) is 12.0. The van der Waals surface area contributed by atoms with Crippen LogP contribution in [-0.2, 0) is 10.3 Å². The molecule has 2 aromatic carbocycles.